The lowest BCUT2D eigenvalue weighted by Crippen LogP contribution is -2.45. The maximum atomic E-state index is 11.7. The van der Waals surface area contributed by atoms with Gasteiger partial charge >= 0.3 is 0 Å². The van der Waals surface area contributed by atoms with Crippen LogP contribution in [0.15, 0.2) is 0 Å². The van der Waals surface area contributed by atoms with Crippen molar-refractivity contribution < 1.29 is 19.1 Å². The van der Waals surface area contributed by atoms with E-state index >= 15 is 0 Å². The van der Waals surface area contributed by atoms with E-state index < -0.39 is 6.04 Å². The van der Waals surface area contributed by atoms with Crippen molar-refractivity contribution in [3.05, 3.63) is 0 Å². The van der Waals surface area contributed by atoms with Crippen LogP contribution in [0.25, 0.3) is 0 Å². The monoisotopic (exact) mass is 231 g/mol. The molecule has 5 nitrogen and oxygen atoms in total. The van der Waals surface area contributed by atoms with Gasteiger partial charge in [0.15, 0.2) is 5.78 Å². The van der Waals surface area contributed by atoms with Crippen LogP contribution in [0.4, 0.5) is 0 Å². The SMILES string of the molecule is COCCC(=O)NC(COC)C(=O)C(C)C. The molecule has 16 heavy (non-hydrogen) atoms. The molecule has 0 bridgehead atoms. The predicted octanol–water partition coefficient (Wildman–Crippen LogP) is 0.379. The molecule has 0 aliphatic heterocycles. The Morgan fingerprint density at radius 2 is 1.81 bits per heavy atom. The van der Waals surface area contributed by atoms with Crippen molar-refractivity contribution in [1.82, 2.24) is 5.32 Å². The topological polar surface area (TPSA) is 64.6 Å². The van der Waals surface area contributed by atoms with Crippen LogP contribution in [0, 0.1) is 5.92 Å². The molecule has 1 atom stereocenters. The quantitative estimate of drug-likeness (QED) is 0.656. The number of ketones is 1. The second-order valence-corrected chi connectivity index (χ2v) is 3.88. The third-order valence-corrected chi connectivity index (χ3v) is 2.11. The molecule has 0 heterocycles. The van der Waals surface area contributed by atoms with Gasteiger partial charge in [-0.25, -0.2) is 0 Å². The van der Waals surface area contributed by atoms with Crippen molar-refractivity contribution in [3.63, 3.8) is 0 Å². The Hall–Kier alpha value is -0.940. The van der Waals surface area contributed by atoms with Gasteiger partial charge in [-0.3, -0.25) is 9.59 Å². The van der Waals surface area contributed by atoms with Crippen LogP contribution in [-0.2, 0) is 19.1 Å². The number of ether oxygens (including phenoxy) is 2. The molecule has 5 heteroatoms. The number of rotatable bonds is 8. The first-order valence-corrected chi connectivity index (χ1v) is 5.33. The number of carbonyl (C=O) groups excluding carboxylic acids is 2. The highest BCUT2D eigenvalue weighted by atomic mass is 16.5. The van der Waals surface area contributed by atoms with E-state index in [-0.39, 0.29) is 30.6 Å². The van der Waals surface area contributed by atoms with E-state index in [0.717, 1.165) is 0 Å². The maximum Gasteiger partial charge on any atom is 0.222 e. The van der Waals surface area contributed by atoms with Crippen molar-refractivity contribution in [2.45, 2.75) is 26.3 Å². The molecule has 0 radical (unpaired) electrons. The first-order valence-electron chi connectivity index (χ1n) is 5.33. The third kappa shape index (κ3) is 5.82. The Kier molecular flexibility index (Phi) is 7.76. The van der Waals surface area contributed by atoms with Crippen molar-refractivity contribution in [1.29, 1.82) is 0 Å². The van der Waals surface area contributed by atoms with Crippen LogP contribution in [-0.4, -0.2) is 45.2 Å². The van der Waals surface area contributed by atoms with E-state index in [1.807, 2.05) is 0 Å². The van der Waals surface area contributed by atoms with Crippen LogP contribution >= 0.6 is 0 Å². The van der Waals surface area contributed by atoms with E-state index in [9.17, 15) is 9.59 Å². The zero-order chi connectivity index (χ0) is 12.6. The van der Waals surface area contributed by atoms with Gasteiger partial charge in [-0.15, -0.1) is 0 Å². The largest absolute Gasteiger partial charge is 0.384 e. The summed E-state index contributed by atoms with van der Waals surface area (Å²) >= 11 is 0. The Morgan fingerprint density at radius 1 is 1.19 bits per heavy atom. The summed E-state index contributed by atoms with van der Waals surface area (Å²) in [5, 5.41) is 2.64. The van der Waals surface area contributed by atoms with Gasteiger partial charge in [0.2, 0.25) is 5.91 Å². The molecule has 0 saturated heterocycles. The summed E-state index contributed by atoms with van der Waals surface area (Å²) in [4.78, 5) is 23.1. The second-order valence-electron chi connectivity index (χ2n) is 3.88. The van der Waals surface area contributed by atoms with E-state index in [1.54, 1.807) is 13.8 Å². The Balaban J connectivity index is 4.22. The Bertz CT molecular complexity index is 228. The summed E-state index contributed by atoms with van der Waals surface area (Å²) in [6.45, 7) is 4.15. The van der Waals surface area contributed by atoms with Crippen LogP contribution in [0.2, 0.25) is 0 Å². The summed E-state index contributed by atoms with van der Waals surface area (Å²) in [6.07, 6.45) is 0.252. The van der Waals surface area contributed by atoms with Crippen molar-refractivity contribution in [2.75, 3.05) is 27.4 Å². The average Bonchev–Trinajstić information content (AvgIpc) is 2.24. The van der Waals surface area contributed by atoms with Crippen molar-refractivity contribution in [2.24, 2.45) is 5.92 Å². The first kappa shape index (κ1) is 15.1. The molecule has 0 aliphatic rings. The molecule has 0 aromatic heterocycles. The fourth-order valence-corrected chi connectivity index (χ4v) is 1.23. The number of hydrogen-bond acceptors (Lipinski definition) is 4. The molecule has 1 N–H and O–H groups in total. The summed E-state index contributed by atoms with van der Waals surface area (Å²) in [6, 6.07) is -0.561. The number of nitrogens with one attached hydrogen (secondary N) is 1. The maximum absolute atomic E-state index is 11.7. The van der Waals surface area contributed by atoms with Gasteiger partial charge in [0, 0.05) is 26.6 Å². The Morgan fingerprint density at radius 3 is 2.25 bits per heavy atom. The minimum Gasteiger partial charge on any atom is -0.384 e. The molecule has 0 saturated carbocycles. The van der Waals surface area contributed by atoms with E-state index in [0.29, 0.717) is 6.61 Å². The van der Waals surface area contributed by atoms with Gasteiger partial charge < -0.3 is 14.8 Å². The van der Waals surface area contributed by atoms with E-state index in [4.69, 9.17) is 9.47 Å². The normalized spacial score (nSPS) is 12.6. The van der Waals surface area contributed by atoms with E-state index in [2.05, 4.69) is 5.32 Å². The molecule has 0 aromatic carbocycles. The summed E-state index contributed by atoms with van der Waals surface area (Å²) in [5.74, 6) is -0.339. The number of Topliss-reactive ketones (excluding diaryl/α,β-unsaturated/α-hetero) is 1. The van der Waals surface area contributed by atoms with Gasteiger partial charge in [0.25, 0.3) is 0 Å². The van der Waals surface area contributed by atoms with Gasteiger partial charge in [-0.2, -0.15) is 0 Å². The molecule has 0 fully saturated rings. The van der Waals surface area contributed by atoms with Crippen molar-refractivity contribution >= 4 is 11.7 Å². The molecular weight excluding hydrogens is 210 g/mol. The highest BCUT2D eigenvalue weighted by Gasteiger charge is 2.22. The minimum atomic E-state index is -0.561. The molecule has 0 rings (SSSR count). The predicted molar refractivity (Wildman–Crippen MR) is 60.1 cm³/mol. The lowest BCUT2D eigenvalue weighted by molar-refractivity contribution is -0.131. The Labute approximate surface area is 96.5 Å². The summed E-state index contributed by atoms with van der Waals surface area (Å²) in [5.41, 5.74) is 0. The molecule has 1 amide bonds. The molecular formula is C11H21NO4. The fraction of sp³-hybridized carbons (Fsp3) is 0.818. The number of hydrogen-bond donors (Lipinski definition) is 1. The second kappa shape index (κ2) is 8.24. The van der Waals surface area contributed by atoms with Gasteiger partial charge in [0.05, 0.1) is 13.2 Å². The highest BCUT2D eigenvalue weighted by molar-refractivity contribution is 5.90. The van der Waals surface area contributed by atoms with Gasteiger partial charge in [-0.05, 0) is 0 Å². The van der Waals surface area contributed by atoms with E-state index in [1.165, 1.54) is 14.2 Å². The number of amides is 1. The smallest absolute Gasteiger partial charge is 0.222 e. The molecule has 1 unspecified atom stereocenters. The minimum absolute atomic E-state index is 0.0207. The number of carbonyl (C=O) groups is 2. The third-order valence-electron chi connectivity index (χ3n) is 2.11. The van der Waals surface area contributed by atoms with Crippen LogP contribution < -0.4 is 5.32 Å². The zero-order valence-corrected chi connectivity index (χ0v) is 10.4. The molecule has 0 aromatic rings. The van der Waals surface area contributed by atoms with Crippen molar-refractivity contribution in [3.8, 4) is 0 Å². The zero-order valence-electron chi connectivity index (χ0n) is 10.4. The lowest BCUT2D eigenvalue weighted by atomic mass is 10.0. The summed E-state index contributed by atoms with van der Waals surface area (Å²) in [7, 11) is 3.03. The fourth-order valence-electron chi connectivity index (χ4n) is 1.23. The average molecular weight is 231 g/mol. The van der Waals surface area contributed by atoms with Gasteiger partial charge in [0.1, 0.15) is 6.04 Å². The van der Waals surface area contributed by atoms with Crippen LogP contribution in [0.5, 0.6) is 0 Å². The lowest BCUT2D eigenvalue weighted by Gasteiger charge is -2.18. The van der Waals surface area contributed by atoms with Crippen LogP contribution in [0.1, 0.15) is 20.3 Å². The molecule has 0 spiro atoms. The van der Waals surface area contributed by atoms with Crippen LogP contribution in [0.3, 0.4) is 0 Å². The number of methoxy groups -OCH3 is 2. The molecule has 0 aliphatic carbocycles. The van der Waals surface area contributed by atoms with Gasteiger partial charge in [-0.1, -0.05) is 13.8 Å². The highest BCUT2D eigenvalue weighted by Crippen LogP contribution is 2.01. The molecule has 94 valence electrons. The summed E-state index contributed by atoms with van der Waals surface area (Å²) < 4.78 is 9.70. The standard InChI is InChI=1S/C11H21NO4/c1-8(2)11(14)9(7-16-4)12-10(13)5-6-15-3/h8-9H,5-7H2,1-4H3,(H,12,13). The first-order chi connectivity index (χ1) is 7.52.